The molecule has 0 N–H and O–H groups in total. The van der Waals surface area contributed by atoms with Crippen molar-refractivity contribution < 1.29 is 0 Å². The van der Waals surface area contributed by atoms with Gasteiger partial charge in [-0.05, 0) is 35.9 Å². The molecule has 0 atom stereocenters. The number of halogens is 1. The number of nitrogens with zero attached hydrogens (tertiary/aromatic N) is 3. The fourth-order valence-corrected chi connectivity index (χ4v) is 2.73. The Bertz CT molecular complexity index is 748. The van der Waals surface area contributed by atoms with Gasteiger partial charge >= 0.3 is 0 Å². The van der Waals surface area contributed by atoms with E-state index in [1.54, 1.807) is 0 Å². The molecule has 0 aliphatic carbocycles. The molecule has 0 bridgehead atoms. The minimum absolute atomic E-state index is 0.193. The lowest BCUT2D eigenvalue weighted by atomic mass is 9.82. The van der Waals surface area contributed by atoms with Crippen LogP contribution in [-0.2, 0) is 5.41 Å². The van der Waals surface area contributed by atoms with Crippen molar-refractivity contribution in [1.29, 1.82) is 0 Å². The van der Waals surface area contributed by atoms with Crippen molar-refractivity contribution in [2.45, 2.75) is 19.3 Å². The van der Waals surface area contributed by atoms with E-state index in [1.807, 2.05) is 66.8 Å². The molecule has 3 nitrogen and oxygen atoms in total. The number of hydrogen-bond acceptors (Lipinski definition) is 3. The highest BCUT2D eigenvalue weighted by atomic mass is 35.5. The molecular weight excluding hydrogens is 294 g/mol. The van der Waals surface area contributed by atoms with Gasteiger partial charge in [0.15, 0.2) is 0 Å². The average Bonchev–Trinajstić information content (AvgIpc) is 2.76. The normalized spacial score (nSPS) is 15.7. The fraction of sp³-hybridized carbons (Fsp3) is 0.222. The van der Waals surface area contributed by atoms with Gasteiger partial charge in [-0.25, -0.2) is 0 Å². The van der Waals surface area contributed by atoms with Crippen molar-refractivity contribution in [3.8, 4) is 0 Å². The number of fused-ring (bicyclic) bond motifs is 1. The summed E-state index contributed by atoms with van der Waals surface area (Å²) in [6.07, 6.45) is 1.83. The van der Waals surface area contributed by atoms with Crippen LogP contribution in [0.2, 0.25) is 5.02 Å². The molecule has 0 saturated carbocycles. The number of benzene rings is 2. The molecule has 112 valence electrons. The molecule has 3 rings (SSSR count). The van der Waals surface area contributed by atoms with Gasteiger partial charge in [0.1, 0.15) is 0 Å². The monoisotopic (exact) mass is 311 g/mol. The Morgan fingerprint density at radius 1 is 1.14 bits per heavy atom. The number of aliphatic imine (C=N–C) groups is 1. The molecule has 0 fully saturated rings. The zero-order chi connectivity index (χ0) is 15.7. The molecule has 0 radical (unpaired) electrons. The predicted octanol–water partition coefficient (Wildman–Crippen LogP) is 4.83. The molecule has 22 heavy (non-hydrogen) atoms. The summed E-state index contributed by atoms with van der Waals surface area (Å²) >= 11 is 6.11. The van der Waals surface area contributed by atoms with E-state index in [9.17, 15) is 0 Å². The molecular formula is C18H18ClN3. The van der Waals surface area contributed by atoms with E-state index in [1.165, 1.54) is 0 Å². The van der Waals surface area contributed by atoms with Crippen molar-refractivity contribution in [3.05, 3.63) is 59.1 Å². The lowest BCUT2D eigenvalue weighted by Crippen LogP contribution is -2.27. The van der Waals surface area contributed by atoms with E-state index in [4.69, 9.17) is 16.6 Å². The summed E-state index contributed by atoms with van der Waals surface area (Å²) in [5, 5.41) is 7.10. The largest absolute Gasteiger partial charge is 0.269 e. The minimum Gasteiger partial charge on any atom is -0.269 e. The smallest absolute Gasteiger partial charge is 0.0712 e. The molecule has 0 aromatic heterocycles. The van der Waals surface area contributed by atoms with Gasteiger partial charge in [0.05, 0.1) is 23.3 Å². The summed E-state index contributed by atoms with van der Waals surface area (Å²) < 4.78 is 0. The number of para-hydroxylation sites is 1. The van der Waals surface area contributed by atoms with Crippen LogP contribution in [0, 0.1) is 0 Å². The second-order valence-corrected chi connectivity index (χ2v) is 6.32. The third-order valence-electron chi connectivity index (χ3n) is 4.00. The second kappa shape index (κ2) is 5.58. The molecule has 2 aromatic rings. The minimum atomic E-state index is -0.193. The fourth-order valence-electron chi connectivity index (χ4n) is 2.56. The highest BCUT2D eigenvalue weighted by molar-refractivity contribution is 6.37. The van der Waals surface area contributed by atoms with E-state index < -0.39 is 0 Å². The van der Waals surface area contributed by atoms with Crippen LogP contribution in [0.5, 0.6) is 0 Å². The Balaban J connectivity index is 1.86. The van der Waals surface area contributed by atoms with E-state index in [0.717, 1.165) is 27.7 Å². The van der Waals surface area contributed by atoms with E-state index in [0.29, 0.717) is 0 Å². The van der Waals surface area contributed by atoms with Crippen LogP contribution in [0.3, 0.4) is 0 Å². The van der Waals surface area contributed by atoms with Crippen molar-refractivity contribution in [3.63, 3.8) is 0 Å². The molecule has 1 aliphatic rings. The maximum atomic E-state index is 6.11. The van der Waals surface area contributed by atoms with Crippen LogP contribution in [0.15, 0.2) is 58.6 Å². The first-order chi connectivity index (χ1) is 10.5. The topological polar surface area (TPSA) is 28.0 Å². The maximum absolute atomic E-state index is 6.11. The summed E-state index contributed by atoms with van der Waals surface area (Å²) in [7, 11) is 1.93. The Kier molecular flexibility index (Phi) is 3.75. The summed E-state index contributed by atoms with van der Waals surface area (Å²) in [6, 6.07) is 15.8. The molecule has 0 saturated heterocycles. The molecule has 0 spiro atoms. The molecule has 4 heteroatoms. The Labute approximate surface area is 135 Å². The first-order valence-electron chi connectivity index (χ1n) is 7.20. The standard InChI is InChI=1S/C18H18ClN3/c1-18(2)15-11-13(19)9-10-16(15)21-17(18)12-20-22(3)14-7-5-4-6-8-14/h4-12H,1-3H3. The number of hydrogen-bond donors (Lipinski definition) is 0. The van der Waals surface area contributed by atoms with Crippen LogP contribution in [-0.4, -0.2) is 19.0 Å². The van der Waals surface area contributed by atoms with Crippen molar-refractivity contribution in [2.75, 3.05) is 12.1 Å². The SMILES string of the molecule is CN(N=CC1=Nc2ccc(Cl)cc2C1(C)C)c1ccccc1. The Hall–Kier alpha value is -2.13. The summed E-state index contributed by atoms with van der Waals surface area (Å²) in [5.41, 5.74) is 3.90. The van der Waals surface area contributed by atoms with Gasteiger partial charge in [-0.3, -0.25) is 10.0 Å². The third-order valence-corrected chi connectivity index (χ3v) is 4.23. The summed E-state index contributed by atoms with van der Waals surface area (Å²) in [6.45, 7) is 4.28. The van der Waals surface area contributed by atoms with Crippen LogP contribution in [0.25, 0.3) is 0 Å². The Morgan fingerprint density at radius 3 is 2.59 bits per heavy atom. The summed E-state index contributed by atoms with van der Waals surface area (Å²) in [5.74, 6) is 0. The van der Waals surface area contributed by atoms with Gasteiger partial charge < -0.3 is 0 Å². The Morgan fingerprint density at radius 2 is 1.86 bits per heavy atom. The van der Waals surface area contributed by atoms with Crippen LogP contribution in [0.4, 0.5) is 11.4 Å². The second-order valence-electron chi connectivity index (χ2n) is 5.89. The zero-order valence-electron chi connectivity index (χ0n) is 12.9. The predicted molar refractivity (Wildman–Crippen MR) is 94.9 cm³/mol. The van der Waals surface area contributed by atoms with E-state index >= 15 is 0 Å². The van der Waals surface area contributed by atoms with Gasteiger partial charge in [0, 0.05) is 17.5 Å². The van der Waals surface area contributed by atoms with Crippen molar-refractivity contribution >= 4 is 34.9 Å². The van der Waals surface area contributed by atoms with Crippen LogP contribution < -0.4 is 5.01 Å². The average molecular weight is 312 g/mol. The third kappa shape index (κ3) is 2.64. The molecule has 0 amide bonds. The lowest BCUT2D eigenvalue weighted by molar-refractivity contribution is 0.744. The maximum Gasteiger partial charge on any atom is 0.0712 e. The van der Waals surface area contributed by atoms with Crippen molar-refractivity contribution in [2.24, 2.45) is 10.1 Å². The van der Waals surface area contributed by atoms with Crippen LogP contribution in [0.1, 0.15) is 19.4 Å². The quantitative estimate of drug-likeness (QED) is 0.589. The van der Waals surface area contributed by atoms with E-state index in [-0.39, 0.29) is 5.41 Å². The number of hydrazone groups is 1. The van der Waals surface area contributed by atoms with E-state index in [2.05, 4.69) is 18.9 Å². The molecule has 2 aromatic carbocycles. The van der Waals surface area contributed by atoms with Gasteiger partial charge in [-0.1, -0.05) is 43.6 Å². The van der Waals surface area contributed by atoms with Crippen LogP contribution >= 0.6 is 11.6 Å². The zero-order valence-corrected chi connectivity index (χ0v) is 13.7. The molecule has 1 aliphatic heterocycles. The first kappa shape index (κ1) is 14.8. The van der Waals surface area contributed by atoms with Crippen molar-refractivity contribution in [1.82, 2.24) is 0 Å². The summed E-state index contributed by atoms with van der Waals surface area (Å²) in [4.78, 5) is 4.69. The molecule has 1 heterocycles. The molecule has 0 unspecified atom stereocenters. The van der Waals surface area contributed by atoms with Gasteiger partial charge in [0.2, 0.25) is 0 Å². The highest BCUT2D eigenvalue weighted by Gasteiger charge is 2.34. The first-order valence-corrected chi connectivity index (χ1v) is 7.58. The van der Waals surface area contributed by atoms with Gasteiger partial charge in [-0.2, -0.15) is 5.10 Å². The van der Waals surface area contributed by atoms with Gasteiger partial charge in [0.25, 0.3) is 0 Å². The number of rotatable bonds is 3. The van der Waals surface area contributed by atoms with Gasteiger partial charge in [-0.15, -0.1) is 0 Å². The highest BCUT2D eigenvalue weighted by Crippen LogP contribution is 2.40. The number of anilines is 1. The lowest BCUT2D eigenvalue weighted by Gasteiger charge is -2.20.